The minimum Gasteiger partial charge on any atom is -0.344 e. The van der Waals surface area contributed by atoms with E-state index in [4.69, 9.17) is 0 Å². The lowest BCUT2D eigenvalue weighted by atomic mass is 9.93. The Morgan fingerprint density at radius 3 is 2.79 bits per heavy atom. The third kappa shape index (κ3) is 3.32. The highest BCUT2D eigenvalue weighted by molar-refractivity contribution is 7.07. The number of carbonyl (C=O) groups is 2. The van der Waals surface area contributed by atoms with E-state index in [1.807, 2.05) is 0 Å². The number of halogens is 1. The quantitative estimate of drug-likeness (QED) is 0.852. The van der Waals surface area contributed by atoms with Gasteiger partial charge in [0.15, 0.2) is 0 Å². The summed E-state index contributed by atoms with van der Waals surface area (Å²) in [6.07, 6.45) is 4.54. The third-order valence-corrected chi connectivity index (χ3v) is 6.36. The fourth-order valence-corrected chi connectivity index (χ4v) is 4.81. The Morgan fingerprint density at radius 1 is 1.38 bits per heavy atom. The van der Waals surface area contributed by atoms with Crippen LogP contribution in [0.3, 0.4) is 0 Å². The molecule has 2 atom stereocenters. The first-order valence-electron chi connectivity index (χ1n) is 8.50. The fourth-order valence-electron chi connectivity index (χ4n) is 4.15. The van der Waals surface area contributed by atoms with Crippen LogP contribution in [-0.4, -0.2) is 41.9 Å². The minimum atomic E-state index is -0.319. The summed E-state index contributed by atoms with van der Waals surface area (Å²) in [6, 6.07) is 2.12. The number of rotatable bonds is 4. The van der Waals surface area contributed by atoms with Crippen LogP contribution in [0.4, 0.5) is 0 Å². The van der Waals surface area contributed by atoms with Crippen molar-refractivity contribution >= 4 is 35.6 Å². The second-order valence-electron chi connectivity index (χ2n) is 7.09. The van der Waals surface area contributed by atoms with Crippen LogP contribution < -0.4 is 10.6 Å². The minimum absolute atomic E-state index is 0. The zero-order chi connectivity index (χ0) is 15.9. The first-order valence-corrected chi connectivity index (χ1v) is 9.44. The van der Waals surface area contributed by atoms with Gasteiger partial charge in [0, 0.05) is 19.0 Å². The predicted molar refractivity (Wildman–Crippen MR) is 96.2 cm³/mol. The SMILES string of the molecule is Cl.O=C1CC[C@@H](C(=O)N(Cc2ccsc2)C2CC23CCNCC3)N1. The van der Waals surface area contributed by atoms with Gasteiger partial charge in [0.1, 0.15) is 6.04 Å². The average molecular weight is 370 g/mol. The molecule has 4 rings (SSSR count). The summed E-state index contributed by atoms with van der Waals surface area (Å²) < 4.78 is 0. The summed E-state index contributed by atoms with van der Waals surface area (Å²) in [5.41, 5.74) is 1.52. The van der Waals surface area contributed by atoms with Crippen molar-refractivity contribution in [3.05, 3.63) is 22.4 Å². The number of nitrogens with zero attached hydrogens (tertiary/aromatic N) is 1. The number of amides is 2. The Labute approximate surface area is 152 Å². The summed E-state index contributed by atoms with van der Waals surface area (Å²) in [5.74, 6) is 0.119. The molecule has 7 heteroatoms. The van der Waals surface area contributed by atoms with E-state index in [1.54, 1.807) is 11.3 Å². The van der Waals surface area contributed by atoms with E-state index in [9.17, 15) is 9.59 Å². The molecule has 1 spiro atoms. The van der Waals surface area contributed by atoms with Crippen molar-refractivity contribution in [3.63, 3.8) is 0 Å². The van der Waals surface area contributed by atoms with Gasteiger partial charge in [-0.3, -0.25) is 9.59 Å². The summed E-state index contributed by atoms with van der Waals surface area (Å²) in [7, 11) is 0. The molecule has 2 saturated heterocycles. The monoisotopic (exact) mass is 369 g/mol. The van der Waals surface area contributed by atoms with Gasteiger partial charge in [-0.05, 0) is 66.6 Å². The number of hydrogen-bond acceptors (Lipinski definition) is 4. The van der Waals surface area contributed by atoms with Crippen LogP contribution in [0.1, 0.15) is 37.7 Å². The molecule has 2 amide bonds. The van der Waals surface area contributed by atoms with Gasteiger partial charge in [0.25, 0.3) is 0 Å². The molecule has 5 nitrogen and oxygen atoms in total. The Balaban J connectivity index is 0.00000169. The lowest BCUT2D eigenvalue weighted by Crippen LogP contribution is -2.47. The van der Waals surface area contributed by atoms with Crippen LogP contribution in [0.5, 0.6) is 0 Å². The van der Waals surface area contributed by atoms with Crippen LogP contribution in [-0.2, 0) is 16.1 Å². The summed E-state index contributed by atoms with van der Waals surface area (Å²) in [5, 5.41) is 10.4. The summed E-state index contributed by atoms with van der Waals surface area (Å²) in [6.45, 7) is 2.78. The van der Waals surface area contributed by atoms with Crippen LogP contribution >= 0.6 is 23.7 Å². The van der Waals surface area contributed by atoms with E-state index in [0.717, 1.165) is 32.4 Å². The van der Waals surface area contributed by atoms with E-state index >= 15 is 0 Å². The maximum absolute atomic E-state index is 13.0. The maximum Gasteiger partial charge on any atom is 0.245 e. The van der Waals surface area contributed by atoms with Crippen LogP contribution in [0, 0.1) is 5.41 Å². The molecule has 1 aromatic heterocycles. The zero-order valence-electron chi connectivity index (χ0n) is 13.6. The number of nitrogens with one attached hydrogen (secondary N) is 2. The van der Waals surface area contributed by atoms with Gasteiger partial charge in [0.05, 0.1) is 0 Å². The van der Waals surface area contributed by atoms with E-state index in [0.29, 0.717) is 30.8 Å². The molecule has 1 saturated carbocycles. The molecule has 0 aromatic carbocycles. The maximum atomic E-state index is 13.0. The molecule has 0 bridgehead atoms. The van der Waals surface area contributed by atoms with Gasteiger partial charge in [-0.1, -0.05) is 0 Å². The number of hydrogen-bond donors (Lipinski definition) is 2. The standard InChI is InChI=1S/C17H23N3O2S.ClH/c21-15-2-1-13(19-15)16(22)20(10-12-3-8-23-11-12)14-9-17(14)4-6-18-7-5-17;/h3,8,11,13-14,18H,1-2,4-7,9-10H2,(H,19,21);1H/t13-,14?;/m0./s1. The Hall–Kier alpha value is -1.11. The largest absolute Gasteiger partial charge is 0.344 e. The van der Waals surface area contributed by atoms with Crippen LogP contribution in [0.2, 0.25) is 0 Å². The van der Waals surface area contributed by atoms with E-state index in [2.05, 4.69) is 32.4 Å². The van der Waals surface area contributed by atoms with E-state index in [-0.39, 0.29) is 30.3 Å². The van der Waals surface area contributed by atoms with Gasteiger partial charge < -0.3 is 15.5 Å². The third-order valence-electron chi connectivity index (χ3n) is 5.63. The topological polar surface area (TPSA) is 61.4 Å². The van der Waals surface area contributed by atoms with Crippen molar-refractivity contribution in [2.75, 3.05) is 13.1 Å². The Bertz CT molecular complexity index is 601. The molecule has 3 heterocycles. The van der Waals surface area contributed by atoms with Crippen molar-refractivity contribution in [2.45, 2.75) is 50.7 Å². The molecule has 132 valence electrons. The molecule has 1 aliphatic carbocycles. The van der Waals surface area contributed by atoms with Crippen molar-refractivity contribution in [3.8, 4) is 0 Å². The molecule has 3 aliphatic rings. The van der Waals surface area contributed by atoms with Gasteiger partial charge >= 0.3 is 0 Å². The number of thiophene rings is 1. The second-order valence-corrected chi connectivity index (χ2v) is 7.87. The molecule has 1 unspecified atom stereocenters. The Kier molecular flexibility index (Phi) is 5.18. The first kappa shape index (κ1) is 17.7. The Morgan fingerprint density at radius 2 is 2.17 bits per heavy atom. The molecule has 2 N–H and O–H groups in total. The highest BCUT2D eigenvalue weighted by Crippen LogP contribution is 2.56. The zero-order valence-corrected chi connectivity index (χ0v) is 15.3. The first-order chi connectivity index (χ1) is 11.2. The second kappa shape index (κ2) is 7.02. The van der Waals surface area contributed by atoms with E-state index in [1.165, 1.54) is 5.56 Å². The molecule has 1 aromatic rings. The fraction of sp³-hybridized carbons (Fsp3) is 0.647. The lowest BCUT2D eigenvalue weighted by Gasteiger charge is -2.31. The highest BCUT2D eigenvalue weighted by Gasteiger charge is 2.58. The van der Waals surface area contributed by atoms with Crippen molar-refractivity contribution < 1.29 is 9.59 Å². The van der Waals surface area contributed by atoms with Gasteiger partial charge in [0.2, 0.25) is 11.8 Å². The normalized spacial score (nSPS) is 27.4. The van der Waals surface area contributed by atoms with Crippen molar-refractivity contribution in [2.24, 2.45) is 5.41 Å². The molecule has 0 radical (unpaired) electrons. The van der Waals surface area contributed by atoms with Gasteiger partial charge in [-0.2, -0.15) is 11.3 Å². The van der Waals surface area contributed by atoms with Crippen LogP contribution in [0.15, 0.2) is 16.8 Å². The van der Waals surface area contributed by atoms with Gasteiger partial charge in [-0.25, -0.2) is 0 Å². The van der Waals surface area contributed by atoms with Crippen molar-refractivity contribution in [1.82, 2.24) is 15.5 Å². The predicted octanol–water partition coefficient (Wildman–Crippen LogP) is 1.92. The highest BCUT2D eigenvalue weighted by atomic mass is 35.5. The van der Waals surface area contributed by atoms with Crippen LogP contribution in [0.25, 0.3) is 0 Å². The smallest absolute Gasteiger partial charge is 0.245 e. The molecule has 24 heavy (non-hydrogen) atoms. The average Bonchev–Trinajstić information content (AvgIpc) is 2.97. The molecule has 2 aliphatic heterocycles. The summed E-state index contributed by atoms with van der Waals surface area (Å²) in [4.78, 5) is 26.6. The number of piperidine rings is 1. The number of carbonyl (C=O) groups excluding carboxylic acids is 2. The van der Waals surface area contributed by atoms with E-state index < -0.39 is 0 Å². The van der Waals surface area contributed by atoms with Gasteiger partial charge in [-0.15, -0.1) is 12.4 Å². The summed E-state index contributed by atoms with van der Waals surface area (Å²) >= 11 is 1.67. The molecule has 3 fully saturated rings. The molecular formula is C17H24ClN3O2S. The lowest BCUT2D eigenvalue weighted by molar-refractivity contribution is -0.136. The molecular weight excluding hydrogens is 346 g/mol. The van der Waals surface area contributed by atoms with Crippen molar-refractivity contribution in [1.29, 1.82) is 0 Å².